The highest BCUT2D eigenvalue weighted by molar-refractivity contribution is 5.91. The van der Waals surface area contributed by atoms with E-state index in [9.17, 15) is 9.59 Å². The van der Waals surface area contributed by atoms with Gasteiger partial charge in [-0.3, -0.25) is 19.9 Å². The van der Waals surface area contributed by atoms with E-state index in [0.29, 0.717) is 6.54 Å². The number of nitrogen functional groups attached to an aromatic ring is 1. The number of furan rings is 1. The second-order valence-electron chi connectivity index (χ2n) is 5.30. The highest BCUT2D eigenvalue weighted by Gasteiger charge is 2.19. The summed E-state index contributed by atoms with van der Waals surface area (Å²) >= 11 is 0. The van der Waals surface area contributed by atoms with Gasteiger partial charge >= 0.3 is 5.91 Å². The SMILES string of the molecule is CC(=O)N1CCCN(Cc2cc(C(=O)NN)oc2C)CC1. The van der Waals surface area contributed by atoms with Crippen LogP contribution in [0, 0.1) is 6.92 Å². The summed E-state index contributed by atoms with van der Waals surface area (Å²) in [5.74, 6) is 5.75. The molecule has 1 aromatic heterocycles. The van der Waals surface area contributed by atoms with Crippen LogP contribution in [-0.2, 0) is 11.3 Å². The van der Waals surface area contributed by atoms with Crippen molar-refractivity contribution in [2.24, 2.45) is 5.84 Å². The molecular weight excluding hydrogens is 272 g/mol. The minimum Gasteiger partial charge on any atom is -0.456 e. The molecule has 0 atom stereocenters. The zero-order valence-corrected chi connectivity index (χ0v) is 12.5. The maximum atomic E-state index is 11.5. The summed E-state index contributed by atoms with van der Waals surface area (Å²) in [6, 6.07) is 1.73. The molecule has 0 unspecified atom stereocenters. The normalized spacial score (nSPS) is 16.6. The molecule has 1 aliphatic heterocycles. The summed E-state index contributed by atoms with van der Waals surface area (Å²) in [4.78, 5) is 27.0. The number of nitrogens with two attached hydrogens (primary N) is 1. The van der Waals surface area contributed by atoms with E-state index < -0.39 is 5.91 Å². The quantitative estimate of drug-likeness (QED) is 0.473. The van der Waals surface area contributed by atoms with E-state index in [2.05, 4.69) is 10.3 Å². The second kappa shape index (κ2) is 6.73. The van der Waals surface area contributed by atoms with Gasteiger partial charge in [0.2, 0.25) is 5.91 Å². The molecule has 3 N–H and O–H groups in total. The van der Waals surface area contributed by atoms with Crippen molar-refractivity contribution in [2.75, 3.05) is 26.2 Å². The van der Waals surface area contributed by atoms with Crippen LogP contribution in [0.1, 0.15) is 35.2 Å². The second-order valence-corrected chi connectivity index (χ2v) is 5.30. The number of nitrogens with zero attached hydrogens (tertiary/aromatic N) is 2. The first-order valence-electron chi connectivity index (χ1n) is 7.09. The zero-order chi connectivity index (χ0) is 15.4. The topological polar surface area (TPSA) is 91.8 Å². The number of rotatable bonds is 3. The Morgan fingerprint density at radius 3 is 2.76 bits per heavy atom. The lowest BCUT2D eigenvalue weighted by atomic mass is 10.2. The van der Waals surface area contributed by atoms with Crippen molar-refractivity contribution < 1.29 is 14.0 Å². The van der Waals surface area contributed by atoms with E-state index in [4.69, 9.17) is 10.3 Å². The third-order valence-corrected chi connectivity index (χ3v) is 3.80. The third kappa shape index (κ3) is 3.83. The van der Waals surface area contributed by atoms with E-state index in [1.54, 1.807) is 13.0 Å². The molecule has 7 heteroatoms. The lowest BCUT2D eigenvalue weighted by Crippen LogP contribution is -2.33. The molecule has 0 aliphatic carbocycles. The van der Waals surface area contributed by atoms with Crippen LogP contribution in [-0.4, -0.2) is 47.8 Å². The molecule has 0 saturated carbocycles. The number of aryl methyl sites for hydroxylation is 1. The summed E-state index contributed by atoms with van der Waals surface area (Å²) in [5, 5.41) is 0. The van der Waals surface area contributed by atoms with Gasteiger partial charge in [0.25, 0.3) is 0 Å². The average Bonchev–Trinajstić information content (AvgIpc) is 2.67. The van der Waals surface area contributed by atoms with Crippen LogP contribution in [0.2, 0.25) is 0 Å². The van der Waals surface area contributed by atoms with E-state index in [1.807, 2.05) is 11.8 Å². The van der Waals surface area contributed by atoms with Crippen LogP contribution in [0.5, 0.6) is 0 Å². The van der Waals surface area contributed by atoms with Crippen molar-refractivity contribution >= 4 is 11.8 Å². The van der Waals surface area contributed by atoms with Gasteiger partial charge in [-0.2, -0.15) is 0 Å². The fourth-order valence-corrected chi connectivity index (χ4v) is 2.54. The molecule has 0 aromatic carbocycles. The van der Waals surface area contributed by atoms with Crippen LogP contribution in [0.15, 0.2) is 10.5 Å². The zero-order valence-electron chi connectivity index (χ0n) is 12.5. The van der Waals surface area contributed by atoms with Gasteiger partial charge < -0.3 is 9.32 Å². The summed E-state index contributed by atoms with van der Waals surface area (Å²) in [7, 11) is 0. The van der Waals surface area contributed by atoms with Gasteiger partial charge in [0.05, 0.1) is 0 Å². The number of hydrazine groups is 1. The van der Waals surface area contributed by atoms with E-state index in [1.165, 1.54) is 0 Å². The van der Waals surface area contributed by atoms with Gasteiger partial charge in [0.15, 0.2) is 5.76 Å². The Morgan fingerprint density at radius 1 is 1.33 bits per heavy atom. The number of amides is 2. The molecule has 2 rings (SSSR count). The highest BCUT2D eigenvalue weighted by atomic mass is 16.4. The van der Waals surface area contributed by atoms with E-state index in [0.717, 1.165) is 43.9 Å². The summed E-state index contributed by atoms with van der Waals surface area (Å²) in [5.41, 5.74) is 3.04. The fourth-order valence-electron chi connectivity index (χ4n) is 2.54. The molecule has 1 aliphatic rings. The number of nitrogens with one attached hydrogen (secondary N) is 1. The van der Waals surface area contributed by atoms with Crippen LogP contribution < -0.4 is 11.3 Å². The Balaban J connectivity index is 2.00. The van der Waals surface area contributed by atoms with Gasteiger partial charge in [-0.05, 0) is 19.4 Å². The molecular formula is C14H22N4O3. The largest absolute Gasteiger partial charge is 0.456 e. The van der Waals surface area contributed by atoms with E-state index >= 15 is 0 Å². The lowest BCUT2D eigenvalue weighted by molar-refractivity contribution is -0.128. The van der Waals surface area contributed by atoms with Crippen molar-refractivity contribution in [3.05, 3.63) is 23.2 Å². The minimum atomic E-state index is -0.428. The van der Waals surface area contributed by atoms with E-state index in [-0.39, 0.29) is 11.7 Å². The van der Waals surface area contributed by atoms with Crippen LogP contribution in [0.25, 0.3) is 0 Å². The molecule has 0 bridgehead atoms. The average molecular weight is 294 g/mol. The summed E-state index contributed by atoms with van der Waals surface area (Å²) in [6.07, 6.45) is 0.951. The summed E-state index contributed by atoms with van der Waals surface area (Å²) in [6.45, 7) is 7.43. The van der Waals surface area contributed by atoms with Crippen molar-refractivity contribution in [1.29, 1.82) is 0 Å². The lowest BCUT2D eigenvalue weighted by Gasteiger charge is -2.20. The Kier molecular flexibility index (Phi) is 4.98. The standard InChI is InChI=1S/C14H22N4O3/c1-10-12(8-13(21-10)14(20)16-15)9-17-4-3-5-18(7-6-17)11(2)19/h8H,3-7,9,15H2,1-2H3,(H,16,20). The van der Waals surface area contributed by atoms with Gasteiger partial charge in [-0.25, -0.2) is 5.84 Å². The van der Waals surface area contributed by atoms with Crippen molar-refractivity contribution in [1.82, 2.24) is 15.2 Å². The number of hydrogen-bond acceptors (Lipinski definition) is 5. The molecule has 1 fully saturated rings. The highest BCUT2D eigenvalue weighted by Crippen LogP contribution is 2.17. The number of carbonyl (C=O) groups is 2. The predicted molar refractivity (Wildman–Crippen MR) is 77.2 cm³/mol. The number of hydrogen-bond donors (Lipinski definition) is 2. The Bertz CT molecular complexity index is 526. The number of carbonyl (C=O) groups excluding carboxylic acids is 2. The molecule has 116 valence electrons. The predicted octanol–water partition coefficient (Wildman–Crippen LogP) is 0.246. The van der Waals surface area contributed by atoms with Crippen molar-refractivity contribution in [3.63, 3.8) is 0 Å². The first-order chi connectivity index (χ1) is 10.0. The Morgan fingerprint density at radius 2 is 2.10 bits per heavy atom. The minimum absolute atomic E-state index is 0.123. The van der Waals surface area contributed by atoms with Gasteiger partial charge in [0.1, 0.15) is 5.76 Å². The van der Waals surface area contributed by atoms with Crippen LogP contribution in [0.3, 0.4) is 0 Å². The van der Waals surface area contributed by atoms with Crippen LogP contribution in [0.4, 0.5) is 0 Å². The maximum absolute atomic E-state index is 11.5. The monoisotopic (exact) mass is 294 g/mol. The van der Waals surface area contributed by atoms with Gasteiger partial charge in [-0.15, -0.1) is 0 Å². The molecule has 2 heterocycles. The molecule has 7 nitrogen and oxygen atoms in total. The van der Waals surface area contributed by atoms with Crippen LogP contribution >= 0.6 is 0 Å². The fraction of sp³-hybridized carbons (Fsp3) is 0.571. The van der Waals surface area contributed by atoms with Crippen molar-refractivity contribution in [2.45, 2.75) is 26.8 Å². The van der Waals surface area contributed by atoms with Gasteiger partial charge in [0, 0.05) is 45.2 Å². The molecule has 21 heavy (non-hydrogen) atoms. The van der Waals surface area contributed by atoms with Gasteiger partial charge in [-0.1, -0.05) is 0 Å². The molecule has 1 saturated heterocycles. The Hall–Kier alpha value is -1.86. The smallest absolute Gasteiger partial charge is 0.300 e. The third-order valence-electron chi connectivity index (χ3n) is 3.80. The molecule has 2 amide bonds. The first-order valence-corrected chi connectivity index (χ1v) is 7.09. The molecule has 0 radical (unpaired) electrons. The summed E-state index contributed by atoms with van der Waals surface area (Å²) < 4.78 is 5.42. The maximum Gasteiger partial charge on any atom is 0.300 e. The molecule has 0 spiro atoms. The van der Waals surface area contributed by atoms with Crippen molar-refractivity contribution in [3.8, 4) is 0 Å². The Labute approximate surface area is 124 Å². The first kappa shape index (κ1) is 15.5. The molecule has 1 aromatic rings.